The fourth-order valence-electron chi connectivity index (χ4n) is 5.40. The monoisotopic (exact) mass is 569 g/mol. The summed E-state index contributed by atoms with van der Waals surface area (Å²) in [6.07, 6.45) is 1.62. The van der Waals surface area contributed by atoms with Gasteiger partial charge in [-0.15, -0.1) is 11.8 Å². The summed E-state index contributed by atoms with van der Waals surface area (Å²) in [5, 5.41) is 2.52. The minimum atomic E-state index is -2.11. The first-order chi connectivity index (χ1) is 19.9. The number of hydrogen-bond donors (Lipinski definition) is 1. The Morgan fingerprint density at radius 3 is 2.10 bits per heavy atom. The van der Waals surface area contributed by atoms with Gasteiger partial charge in [0, 0.05) is 0 Å². The van der Waals surface area contributed by atoms with Crippen molar-refractivity contribution in [1.82, 2.24) is 14.3 Å². The average molecular weight is 570 g/mol. The van der Waals surface area contributed by atoms with Gasteiger partial charge in [-0.3, -0.25) is 14.6 Å². The lowest BCUT2D eigenvalue weighted by Gasteiger charge is -2.27. The molecule has 206 valence electrons. The van der Waals surface area contributed by atoms with Crippen LogP contribution < -0.4 is 16.3 Å². The van der Waals surface area contributed by atoms with Crippen molar-refractivity contribution >= 4 is 40.3 Å². The second kappa shape index (κ2) is 10.2. The normalized spacial score (nSPS) is 21.6. The van der Waals surface area contributed by atoms with E-state index in [0.29, 0.717) is 0 Å². The number of imide groups is 1. The summed E-state index contributed by atoms with van der Waals surface area (Å²) in [6.45, 7) is -0.0777. The second-order valence-electron chi connectivity index (χ2n) is 9.44. The number of nitrogens with zero attached hydrogens (tertiary/aromatic N) is 4. The molecule has 1 fully saturated rings. The summed E-state index contributed by atoms with van der Waals surface area (Å²) < 4.78 is 7.26. The quantitative estimate of drug-likeness (QED) is 0.277. The lowest BCUT2D eigenvalue weighted by atomic mass is 9.84. The maximum atomic E-state index is 14.4. The highest BCUT2D eigenvalue weighted by Crippen LogP contribution is 2.48. The van der Waals surface area contributed by atoms with Crippen molar-refractivity contribution in [2.24, 2.45) is 10.9 Å². The molecule has 2 aliphatic heterocycles. The number of hydrogen-bond acceptors (Lipinski definition) is 8. The van der Waals surface area contributed by atoms with E-state index >= 15 is 0 Å². The van der Waals surface area contributed by atoms with Gasteiger partial charge in [0.05, 0.1) is 11.4 Å². The van der Waals surface area contributed by atoms with E-state index in [1.807, 2.05) is 6.07 Å². The van der Waals surface area contributed by atoms with E-state index in [4.69, 9.17) is 4.74 Å². The van der Waals surface area contributed by atoms with E-state index in [0.717, 1.165) is 31.5 Å². The molecule has 11 nitrogen and oxygen atoms in total. The number of esters is 1. The molecule has 41 heavy (non-hydrogen) atoms. The van der Waals surface area contributed by atoms with Gasteiger partial charge in [0.15, 0.2) is 6.04 Å². The van der Waals surface area contributed by atoms with Crippen molar-refractivity contribution in [3.05, 3.63) is 118 Å². The zero-order valence-electron chi connectivity index (χ0n) is 21.7. The largest absolute Gasteiger partial charge is 0.459 e. The average Bonchev–Trinajstić information content (AvgIpc) is 3.58. The van der Waals surface area contributed by atoms with Crippen LogP contribution in [-0.2, 0) is 31.3 Å². The van der Waals surface area contributed by atoms with Gasteiger partial charge >= 0.3 is 17.3 Å². The zero-order valence-corrected chi connectivity index (χ0v) is 22.5. The van der Waals surface area contributed by atoms with Gasteiger partial charge in [-0.05, 0) is 36.1 Å². The number of anilines is 1. The third-order valence-corrected chi connectivity index (χ3v) is 8.00. The molecule has 3 atom stereocenters. The summed E-state index contributed by atoms with van der Waals surface area (Å²) in [5.41, 5.74) is -2.57. The Morgan fingerprint density at radius 1 is 0.902 bits per heavy atom. The highest BCUT2D eigenvalue weighted by atomic mass is 32.2. The molecule has 0 radical (unpaired) electrons. The van der Waals surface area contributed by atoms with Crippen molar-refractivity contribution in [3.8, 4) is 5.69 Å². The van der Waals surface area contributed by atoms with Crippen LogP contribution in [0.2, 0.25) is 0 Å². The van der Waals surface area contributed by atoms with E-state index in [1.165, 1.54) is 0 Å². The van der Waals surface area contributed by atoms with Crippen molar-refractivity contribution in [3.63, 3.8) is 0 Å². The Morgan fingerprint density at radius 2 is 1.49 bits per heavy atom. The number of nitrogens with one attached hydrogen (secondary N) is 1. The molecular weight excluding hydrogens is 546 g/mol. The molecule has 1 N–H and O–H groups in total. The van der Waals surface area contributed by atoms with E-state index < -0.39 is 46.7 Å². The number of rotatable bonds is 6. The Labute approximate surface area is 237 Å². The number of ether oxygens (including phenoxy) is 1. The number of aliphatic imine (C=N–C) groups is 1. The lowest BCUT2D eigenvalue weighted by molar-refractivity contribution is -0.149. The molecule has 1 saturated heterocycles. The van der Waals surface area contributed by atoms with Gasteiger partial charge in [0.1, 0.15) is 17.6 Å². The summed E-state index contributed by atoms with van der Waals surface area (Å²) in [7, 11) is 0. The van der Waals surface area contributed by atoms with Gasteiger partial charge in [0.25, 0.3) is 5.91 Å². The summed E-state index contributed by atoms with van der Waals surface area (Å²) >= 11 is 1.01. The van der Waals surface area contributed by atoms with E-state index in [9.17, 15) is 24.0 Å². The smallest absolute Gasteiger partial charge is 0.353 e. The number of carbonyl (C=O) groups is 3. The number of aromatic amines is 1. The van der Waals surface area contributed by atoms with Crippen LogP contribution in [0, 0.1) is 5.92 Å². The van der Waals surface area contributed by atoms with E-state index in [-0.39, 0.29) is 23.0 Å². The van der Waals surface area contributed by atoms with E-state index in [1.54, 1.807) is 91.2 Å². The van der Waals surface area contributed by atoms with Crippen molar-refractivity contribution < 1.29 is 19.1 Å². The first-order valence-corrected chi connectivity index (χ1v) is 13.9. The highest BCUT2D eigenvalue weighted by Gasteiger charge is 2.72. The van der Waals surface area contributed by atoms with Gasteiger partial charge in [-0.1, -0.05) is 66.7 Å². The van der Waals surface area contributed by atoms with Crippen molar-refractivity contribution in [1.29, 1.82) is 0 Å². The van der Waals surface area contributed by atoms with Crippen LogP contribution in [0.15, 0.2) is 106 Å². The zero-order chi connectivity index (χ0) is 28.7. The van der Waals surface area contributed by atoms with Gasteiger partial charge < -0.3 is 4.74 Å². The Hall–Kier alpha value is -4.97. The molecular formula is C29H23N5O6S. The van der Waals surface area contributed by atoms with Gasteiger partial charge in [0.2, 0.25) is 11.4 Å². The minimum Gasteiger partial charge on any atom is -0.459 e. The molecule has 0 aliphatic carbocycles. The lowest BCUT2D eigenvalue weighted by Crippen LogP contribution is -2.55. The van der Waals surface area contributed by atoms with Crippen LogP contribution in [0.25, 0.3) is 5.69 Å². The number of benzene rings is 3. The second-order valence-corrected chi connectivity index (χ2v) is 10.2. The molecule has 12 heteroatoms. The highest BCUT2D eigenvalue weighted by molar-refractivity contribution is 8.13. The summed E-state index contributed by atoms with van der Waals surface area (Å²) in [5.74, 6) is -3.87. The predicted molar refractivity (Wildman–Crippen MR) is 152 cm³/mol. The van der Waals surface area contributed by atoms with Crippen molar-refractivity contribution in [2.45, 2.75) is 18.2 Å². The molecule has 4 aromatic rings. The predicted octanol–water partition coefficient (Wildman–Crippen LogP) is 2.10. The Kier molecular flexibility index (Phi) is 6.54. The maximum absolute atomic E-state index is 14.4. The molecule has 2 aliphatic rings. The first kappa shape index (κ1) is 26.3. The van der Waals surface area contributed by atoms with Gasteiger partial charge in [-0.25, -0.2) is 33.6 Å². The molecule has 0 spiro atoms. The number of thioether (sulfide) groups is 1. The fourth-order valence-corrected chi connectivity index (χ4v) is 6.23. The number of carbonyl (C=O) groups excluding carboxylic acids is 3. The summed E-state index contributed by atoms with van der Waals surface area (Å²) in [6, 6.07) is 23.9. The van der Waals surface area contributed by atoms with Crippen LogP contribution in [-0.4, -0.2) is 49.5 Å². The fraction of sp³-hybridized carbons (Fsp3) is 0.172. The standard InChI is InChI=1S/C29H23N5O6S/c1-41-25-29(34-28(39)33(27(38)31-34)20-15-9-4-10-16-20)21(23(35)32(26(29)37)19-13-7-3-8-14-19)22(30-25)24(36)40-17-18-11-5-2-6-12-18/h2-16,21-22H,17H2,1H3,(H,31,38)/t21-,22+,29-/m1/s1. The number of fused-ring (bicyclic) bond motifs is 1. The SMILES string of the molecule is CSC1=N[C@H](C(=O)OCc2ccccc2)[C@@H]2C(=O)N(c3ccccc3)C(=O)[C@]12n1[nH]c(=O)n(-c2ccccc2)c1=O. The minimum absolute atomic E-state index is 0.0319. The van der Waals surface area contributed by atoms with Crippen LogP contribution in [0.5, 0.6) is 0 Å². The van der Waals surface area contributed by atoms with Crippen LogP contribution >= 0.6 is 11.8 Å². The molecule has 1 aromatic heterocycles. The van der Waals surface area contributed by atoms with Crippen LogP contribution in [0.4, 0.5) is 5.69 Å². The summed E-state index contributed by atoms with van der Waals surface area (Å²) in [4.78, 5) is 74.5. The number of H-pyrrole nitrogens is 1. The molecule has 0 saturated carbocycles. The molecule has 0 bridgehead atoms. The van der Waals surface area contributed by atoms with E-state index in [2.05, 4.69) is 10.1 Å². The molecule has 3 heterocycles. The molecule has 6 rings (SSSR count). The maximum Gasteiger partial charge on any atom is 0.353 e. The molecule has 0 unspecified atom stereocenters. The van der Waals surface area contributed by atoms with Crippen LogP contribution in [0.3, 0.4) is 0 Å². The number of aromatic nitrogens is 3. The third-order valence-electron chi connectivity index (χ3n) is 7.20. The van der Waals surface area contributed by atoms with Crippen molar-refractivity contribution in [2.75, 3.05) is 11.2 Å². The number of amides is 2. The topological polar surface area (TPSA) is 136 Å². The number of para-hydroxylation sites is 2. The van der Waals surface area contributed by atoms with Crippen LogP contribution in [0.1, 0.15) is 5.56 Å². The Bertz CT molecular complexity index is 1800. The Balaban J connectivity index is 1.52. The molecule has 2 amide bonds. The van der Waals surface area contributed by atoms with Gasteiger partial charge in [-0.2, -0.15) is 0 Å². The molecule has 3 aromatic carbocycles. The first-order valence-electron chi connectivity index (χ1n) is 12.7. The third kappa shape index (κ3) is 3.98.